The second-order valence-corrected chi connectivity index (χ2v) is 5.43. The Kier molecular flexibility index (Phi) is 5.11. The number of benzene rings is 2. The van der Waals surface area contributed by atoms with Crippen LogP contribution in [0.25, 0.3) is 0 Å². The van der Waals surface area contributed by atoms with Crippen LogP contribution in [0.3, 0.4) is 0 Å². The first-order valence-corrected chi connectivity index (χ1v) is 7.86. The van der Waals surface area contributed by atoms with Gasteiger partial charge in [-0.25, -0.2) is 0 Å². The lowest BCUT2D eigenvalue weighted by Gasteiger charge is -2.09. The number of amides is 1. The lowest BCUT2D eigenvalue weighted by atomic mass is 10.2. The number of hydrogen-bond donors (Lipinski definition) is 2. The Hall–Kier alpha value is -3.85. The average molecular weight is 344 g/mol. The molecular weight excluding hydrogens is 328 g/mol. The summed E-state index contributed by atoms with van der Waals surface area (Å²) in [4.78, 5) is 16.6. The van der Waals surface area contributed by atoms with E-state index in [0.29, 0.717) is 22.7 Å². The Morgan fingerprint density at radius 3 is 2.62 bits per heavy atom. The lowest BCUT2D eigenvalue weighted by Crippen LogP contribution is -2.13. The average Bonchev–Trinajstić information content (AvgIpc) is 2.68. The maximum absolute atomic E-state index is 12.4. The van der Waals surface area contributed by atoms with Crippen molar-refractivity contribution in [1.29, 1.82) is 5.26 Å². The SMILES string of the molecule is COc1cccc(NC(=O)c2cc(Nc3cccc(C#N)c3)ccn2)c1. The van der Waals surface area contributed by atoms with Crippen LogP contribution in [0, 0.1) is 11.3 Å². The molecule has 128 valence electrons. The molecule has 2 N–H and O–H groups in total. The van der Waals surface area contributed by atoms with E-state index in [2.05, 4.69) is 21.7 Å². The predicted octanol–water partition coefficient (Wildman–Crippen LogP) is 3.96. The Morgan fingerprint density at radius 1 is 1.04 bits per heavy atom. The van der Waals surface area contributed by atoms with Gasteiger partial charge in [-0.3, -0.25) is 9.78 Å². The fourth-order valence-electron chi connectivity index (χ4n) is 2.36. The molecule has 1 aromatic heterocycles. The van der Waals surface area contributed by atoms with E-state index in [-0.39, 0.29) is 11.6 Å². The largest absolute Gasteiger partial charge is 0.497 e. The van der Waals surface area contributed by atoms with Gasteiger partial charge in [0.25, 0.3) is 5.91 Å². The number of ether oxygens (including phenoxy) is 1. The summed E-state index contributed by atoms with van der Waals surface area (Å²) in [6.07, 6.45) is 1.55. The van der Waals surface area contributed by atoms with Crippen LogP contribution in [-0.4, -0.2) is 18.0 Å². The monoisotopic (exact) mass is 344 g/mol. The first kappa shape index (κ1) is 17.0. The van der Waals surface area contributed by atoms with Gasteiger partial charge < -0.3 is 15.4 Å². The van der Waals surface area contributed by atoms with Gasteiger partial charge >= 0.3 is 0 Å². The topological polar surface area (TPSA) is 87.0 Å². The molecular formula is C20H16N4O2. The highest BCUT2D eigenvalue weighted by Crippen LogP contribution is 2.20. The molecule has 0 saturated heterocycles. The zero-order chi connectivity index (χ0) is 18.4. The summed E-state index contributed by atoms with van der Waals surface area (Å²) in [5, 5.41) is 14.9. The lowest BCUT2D eigenvalue weighted by molar-refractivity contribution is 0.102. The minimum atomic E-state index is -0.326. The van der Waals surface area contributed by atoms with Gasteiger partial charge in [-0.2, -0.15) is 5.26 Å². The molecule has 3 rings (SSSR count). The standard InChI is InChI=1S/C20H16N4O2/c1-26-18-7-3-6-16(11-18)24-20(25)19-12-17(8-9-22-19)23-15-5-2-4-14(10-15)13-21/h2-12H,1H3,(H,22,23)(H,24,25). The van der Waals surface area contributed by atoms with Gasteiger partial charge in [-0.15, -0.1) is 0 Å². The van der Waals surface area contributed by atoms with Crippen molar-refractivity contribution in [1.82, 2.24) is 4.98 Å². The Labute approximate surface area is 151 Å². The van der Waals surface area contributed by atoms with Gasteiger partial charge in [0.05, 0.1) is 18.7 Å². The van der Waals surface area contributed by atoms with Crippen molar-refractivity contribution in [3.8, 4) is 11.8 Å². The van der Waals surface area contributed by atoms with E-state index in [1.807, 2.05) is 6.07 Å². The molecule has 2 aromatic carbocycles. The highest BCUT2D eigenvalue weighted by Gasteiger charge is 2.09. The molecule has 0 aliphatic rings. The van der Waals surface area contributed by atoms with E-state index in [1.165, 1.54) is 0 Å². The summed E-state index contributed by atoms with van der Waals surface area (Å²) in [6.45, 7) is 0. The number of pyridine rings is 1. The van der Waals surface area contributed by atoms with Crippen LogP contribution in [0.2, 0.25) is 0 Å². The number of aromatic nitrogens is 1. The molecule has 26 heavy (non-hydrogen) atoms. The number of carbonyl (C=O) groups excluding carboxylic acids is 1. The van der Waals surface area contributed by atoms with Crippen molar-refractivity contribution in [3.05, 3.63) is 78.1 Å². The molecule has 3 aromatic rings. The molecule has 0 spiro atoms. The van der Waals surface area contributed by atoms with Gasteiger partial charge in [0, 0.05) is 29.3 Å². The molecule has 6 nitrogen and oxygen atoms in total. The molecule has 0 saturated carbocycles. The van der Waals surface area contributed by atoms with Crippen molar-refractivity contribution in [2.24, 2.45) is 0 Å². The van der Waals surface area contributed by atoms with Crippen molar-refractivity contribution >= 4 is 23.0 Å². The van der Waals surface area contributed by atoms with Crippen LogP contribution in [-0.2, 0) is 0 Å². The van der Waals surface area contributed by atoms with Gasteiger partial charge in [0.2, 0.25) is 0 Å². The second-order valence-electron chi connectivity index (χ2n) is 5.43. The van der Waals surface area contributed by atoms with Crippen molar-refractivity contribution in [3.63, 3.8) is 0 Å². The predicted molar refractivity (Wildman–Crippen MR) is 99.6 cm³/mol. The van der Waals surface area contributed by atoms with Crippen LogP contribution in [0.5, 0.6) is 5.75 Å². The highest BCUT2D eigenvalue weighted by molar-refractivity contribution is 6.03. The summed E-state index contributed by atoms with van der Waals surface area (Å²) < 4.78 is 5.15. The molecule has 0 aliphatic heterocycles. The Balaban J connectivity index is 1.75. The zero-order valence-corrected chi connectivity index (χ0v) is 14.1. The first-order valence-electron chi connectivity index (χ1n) is 7.86. The van der Waals surface area contributed by atoms with Gasteiger partial charge in [0.15, 0.2) is 0 Å². The van der Waals surface area contributed by atoms with Gasteiger partial charge in [-0.05, 0) is 42.5 Å². The third kappa shape index (κ3) is 4.16. The minimum Gasteiger partial charge on any atom is -0.497 e. The number of rotatable bonds is 5. The smallest absolute Gasteiger partial charge is 0.274 e. The maximum atomic E-state index is 12.4. The molecule has 1 heterocycles. The fraction of sp³-hybridized carbons (Fsp3) is 0.0500. The minimum absolute atomic E-state index is 0.272. The third-order valence-corrected chi connectivity index (χ3v) is 3.60. The number of hydrogen-bond acceptors (Lipinski definition) is 5. The summed E-state index contributed by atoms with van der Waals surface area (Å²) >= 11 is 0. The van der Waals surface area contributed by atoms with Crippen molar-refractivity contribution in [2.45, 2.75) is 0 Å². The maximum Gasteiger partial charge on any atom is 0.274 e. The summed E-state index contributed by atoms with van der Waals surface area (Å²) in [6, 6.07) is 19.7. The van der Waals surface area contributed by atoms with Crippen LogP contribution < -0.4 is 15.4 Å². The van der Waals surface area contributed by atoms with Gasteiger partial charge in [-0.1, -0.05) is 12.1 Å². The third-order valence-electron chi connectivity index (χ3n) is 3.60. The van der Waals surface area contributed by atoms with Gasteiger partial charge in [0.1, 0.15) is 11.4 Å². The highest BCUT2D eigenvalue weighted by atomic mass is 16.5. The quantitative estimate of drug-likeness (QED) is 0.731. The Bertz CT molecular complexity index is 979. The van der Waals surface area contributed by atoms with E-state index in [0.717, 1.165) is 5.69 Å². The molecule has 0 radical (unpaired) electrons. The van der Waals surface area contributed by atoms with Crippen LogP contribution in [0.1, 0.15) is 16.1 Å². The van der Waals surface area contributed by atoms with Crippen LogP contribution in [0.15, 0.2) is 66.9 Å². The van der Waals surface area contributed by atoms with Crippen molar-refractivity contribution < 1.29 is 9.53 Å². The molecule has 1 amide bonds. The van der Waals surface area contributed by atoms with Crippen molar-refractivity contribution in [2.75, 3.05) is 17.7 Å². The molecule has 0 aliphatic carbocycles. The van der Waals surface area contributed by atoms with E-state index in [1.54, 1.807) is 67.9 Å². The number of carbonyl (C=O) groups is 1. The number of nitriles is 1. The second kappa shape index (κ2) is 7.81. The molecule has 0 bridgehead atoms. The number of nitrogens with zero attached hydrogens (tertiary/aromatic N) is 2. The number of anilines is 3. The van der Waals surface area contributed by atoms with E-state index >= 15 is 0 Å². The molecule has 0 atom stereocenters. The van der Waals surface area contributed by atoms with Crippen LogP contribution >= 0.6 is 0 Å². The number of nitrogens with one attached hydrogen (secondary N) is 2. The normalized spacial score (nSPS) is 9.85. The Morgan fingerprint density at radius 2 is 1.81 bits per heavy atom. The van der Waals surface area contributed by atoms with E-state index < -0.39 is 0 Å². The van der Waals surface area contributed by atoms with E-state index in [9.17, 15) is 4.79 Å². The number of methoxy groups -OCH3 is 1. The summed E-state index contributed by atoms with van der Waals surface area (Å²) in [5.41, 5.74) is 2.91. The summed E-state index contributed by atoms with van der Waals surface area (Å²) in [7, 11) is 1.57. The first-order chi connectivity index (χ1) is 12.7. The van der Waals surface area contributed by atoms with E-state index in [4.69, 9.17) is 10.00 Å². The molecule has 6 heteroatoms. The molecule has 0 fully saturated rings. The summed E-state index contributed by atoms with van der Waals surface area (Å²) in [5.74, 6) is 0.330. The zero-order valence-electron chi connectivity index (χ0n) is 14.1. The van der Waals surface area contributed by atoms with Crippen LogP contribution in [0.4, 0.5) is 17.1 Å². The fourth-order valence-corrected chi connectivity index (χ4v) is 2.36. The molecule has 0 unspecified atom stereocenters.